The van der Waals surface area contributed by atoms with Gasteiger partial charge < -0.3 is 15.4 Å². The molecule has 4 heteroatoms. The molecule has 4 aliphatic rings. The molecular weight excluding hydrogens is 290 g/mol. The lowest BCUT2D eigenvalue weighted by Gasteiger charge is -2.58. The standard InChI is InChI=1S/C19H29NO3/c1-18-6-3-4-13(18)17-14(5-7-18)19(2)11(9-15(17)20-23)8-12(21)10-16(19)22/h9,12-14,16-17,21-23H,3-8,10H2,1-2H3/t12?,13-,14+,16?,17-,18-,19-/m0/s1. The van der Waals surface area contributed by atoms with Gasteiger partial charge in [-0.15, -0.1) is 0 Å². The maximum atomic E-state index is 10.8. The normalized spacial score (nSPS) is 54.2. The molecule has 0 amide bonds. The Morgan fingerprint density at radius 3 is 2.65 bits per heavy atom. The van der Waals surface area contributed by atoms with Crippen LogP contribution in [0.5, 0.6) is 0 Å². The van der Waals surface area contributed by atoms with E-state index in [1.54, 1.807) is 0 Å². The van der Waals surface area contributed by atoms with Crippen LogP contribution in [0.2, 0.25) is 0 Å². The van der Waals surface area contributed by atoms with E-state index in [1.165, 1.54) is 25.7 Å². The second-order valence-corrected chi connectivity index (χ2v) is 8.91. The van der Waals surface area contributed by atoms with E-state index in [4.69, 9.17) is 0 Å². The zero-order valence-electron chi connectivity index (χ0n) is 14.2. The van der Waals surface area contributed by atoms with Crippen LogP contribution in [-0.4, -0.2) is 33.3 Å². The van der Waals surface area contributed by atoms with Crippen molar-refractivity contribution in [3.8, 4) is 0 Å². The van der Waals surface area contributed by atoms with E-state index in [0.29, 0.717) is 30.1 Å². The molecule has 23 heavy (non-hydrogen) atoms. The summed E-state index contributed by atoms with van der Waals surface area (Å²) in [5.41, 5.74) is 1.96. The minimum atomic E-state index is -0.504. The molecule has 0 aromatic carbocycles. The van der Waals surface area contributed by atoms with E-state index in [-0.39, 0.29) is 11.3 Å². The van der Waals surface area contributed by atoms with Gasteiger partial charge in [-0.05, 0) is 55.4 Å². The zero-order valence-corrected chi connectivity index (χ0v) is 14.2. The van der Waals surface area contributed by atoms with Crippen LogP contribution in [0.15, 0.2) is 16.8 Å². The van der Waals surface area contributed by atoms with Gasteiger partial charge in [-0.1, -0.05) is 31.0 Å². The SMILES string of the molecule is C[C@@]12CCC[C@H]1[C@@H]1C(=NO)C=C3CC(O)CC(O)[C@]3(C)[C@@H]1CC2. The Morgan fingerprint density at radius 2 is 1.91 bits per heavy atom. The Labute approximate surface area is 138 Å². The van der Waals surface area contributed by atoms with Gasteiger partial charge in [0.25, 0.3) is 0 Å². The summed E-state index contributed by atoms with van der Waals surface area (Å²) in [6.07, 6.45) is 8.09. The lowest BCUT2D eigenvalue weighted by Crippen LogP contribution is -2.57. The summed E-state index contributed by atoms with van der Waals surface area (Å²) in [7, 11) is 0. The summed E-state index contributed by atoms with van der Waals surface area (Å²) < 4.78 is 0. The van der Waals surface area contributed by atoms with Gasteiger partial charge in [0.15, 0.2) is 0 Å². The molecule has 0 aromatic heterocycles. The van der Waals surface area contributed by atoms with Crippen LogP contribution in [0.4, 0.5) is 0 Å². The number of allylic oxidation sites excluding steroid dienone is 1. The van der Waals surface area contributed by atoms with Crippen LogP contribution in [-0.2, 0) is 0 Å². The summed E-state index contributed by atoms with van der Waals surface area (Å²) in [4.78, 5) is 0. The smallest absolute Gasteiger partial charge is 0.0832 e. The zero-order chi connectivity index (χ0) is 16.4. The average molecular weight is 319 g/mol. The van der Waals surface area contributed by atoms with Gasteiger partial charge in [0.05, 0.1) is 17.9 Å². The van der Waals surface area contributed by atoms with Crippen molar-refractivity contribution in [1.82, 2.24) is 0 Å². The van der Waals surface area contributed by atoms with Crippen molar-refractivity contribution in [1.29, 1.82) is 0 Å². The molecule has 0 heterocycles. The van der Waals surface area contributed by atoms with Gasteiger partial charge in [-0.2, -0.15) is 0 Å². The first-order valence-electron chi connectivity index (χ1n) is 9.19. The molecule has 0 aromatic rings. The van der Waals surface area contributed by atoms with E-state index in [0.717, 1.165) is 17.7 Å². The summed E-state index contributed by atoms with van der Waals surface area (Å²) in [5, 5.41) is 34.2. The number of nitrogens with zero attached hydrogens (tertiary/aromatic N) is 1. The maximum absolute atomic E-state index is 10.8. The first-order chi connectivity index (χ1) is 10.9. The third-order valence-electron chi connectivity index (χ3n) is 7.94. The number of oxime groups is 1. The first kappa shape index (κ1) is 15.6. The van der Waals surface area contributed by atoms with Gasteiger partial charge in [-0.25, -0.2) is 0 Å². The van der Waals surface area contributed by atoms with Gasteiger partial charge in [0.1, 0.15) is 0 Å². The summed E-state index contributed by atoms with van der Waals surface area (Å²) in [6.45, 7) is 4.58. The molecule has 7 atom stereocenters. The molecule has 0 bridgehead atoms. The largest absolute Gasteiger partial charge is 0.411 e. The minimum Gasteiger partial charge on any atom is -0.411 e. The molecule has 3 N–H and O–H groups in total. The number of aliphatic hydroxyl groups excluding tert-OH is 2. The highest BCUT2D eigenvalue weighted by molar-refractivity contribution is 5.99. The Bertz CT molecular complexity index is 571. The van der Waals surface area contributed by atoms with Crippen LogP contribution in [0.3, 0.4) is 0 Å². The van der Waals surface area contributed by atoms with Gasteiger partial charge in [0.2, 0.25) is 0 Å². The molecular formula is C19H29NO3. The Kier molecular flexibility index (Phi) is 3.44. The van der Waals surface area contributed by atoms with E-state index < -0.39 is 12.2 Å². The fourth-order valence-electron chi connectivity index (χ4n) is 6.56. The van der Waals surface area contributed by atoms with Crippen molar-refractivity contribution < 1.29 is 15.4 Å². The van der Waals surface area contributed by atoms with Gasteiger partial charge in [0, 0.05) is 17.8 Å². The van der Waals surface area contributed by atoms with Crippen LogP contribution in [0.1, 0.15) is 58.8 Å². The first-order valence-corrected chi connectivity index (χ1v) is 9.19. The molecule has 0 saturated heterocycles. The fourth-order valence-corrected chi connectivity index (χ4v) is 6.56. The van der Waals surface area contributed by atoms with Crippen molar-refractivity contribution >= 4 is 5.71 Å². The predicted octanol–water partition coefficient (Wildman–Crippen LogP) is 3.11. The van der Waals surface area contributed by atoms with E-state index in [1.807, 2.05) is 6.08 Å². The second-order valence-electron chi connectivity index (χ2n) is 8.91. The van der Waals surface area contributed by atoms with Crippen molar-refractivity contribution in [2.75, 3.05) is 0 Å². The molecule has 4 aliphatic carbocycles. The third-order valence-corrected chi connectivity index (χ3v) is 7.94. The van der Waals surface area contributed by atoms with E-state index in [9.17, 15) is 15.4 Å². The molecule has 0 spiro atoms. The predicted molar refractivity (Wildman–Crippen MR) is 88.3 cm³/mol. The Morgan fingerprint density at radius 1 is 1.13 bits per heavy atom. The molecule has 4 rings (SSSR count). The highest BCUT2D eigenvalue weighted by Crippen LogP contribution is 2.64. The summed E-state index contributed by atoms with van der Waals surface area (Å²) >= 11 is 0. The maximum Gasteiger partial charge on any atom is 0.0832 e. The van der Waals surface area contributed by atoms with Crippen molar-refractivity contribution in [3.05, 3.63) is 11.6 Å². The lowest BCUT2D eigenvalue weighted by atomic mass is 9.47. The monoisotopic (exact) mass is 319 g/mol. The molecule has 0 aliphatic heterocycles. The quantitative estimate of drug-likeness (QED) is 0.474. The van der Waals surface area contributed by atoms with E-state index in [2.05, 4.69) is 19.0 Å². The summed E-state index contributed by atoms with van der Waals surface area (Å²) in [6, 6.07) is 0. The lowest BCUT2D eigenvalue weighted by molar-refractivity contribution is -0.0820. The number of hydrogen-bond acceptors (Lipinski definition) is 4. The molecule has 0 radical (unpaired) electrons. The van der Waals surface area contributed by atoms with Gasteiger partial charge in [-0.3, -0.25) is 0 Å². The molecule has 4 nitrogen and oxygen atoms in total. The van der Waals surface area contributed by atoms with Crippen LogP contribution >= 0.6 is 0 Å². The van der Waals surface area contributed by atoms with Crippen LogP contribution in [0, 0.1) is 28.6 Å². The molecule has 3 fully saturated rings. The highest BCUT2D eigenvalue weighted by Gasteiger charge is 2.60. The number of rotatable bonds is 0. The Balaban J connectivity index is 1.82. The van der Waals surface area contributed by atoms with Crippen molar-refractivity contribution in [2.24, 2.45) is 33.7 Å². The van der Waals surface area contributed by atoms with E-state index >= 15 is 0 Å². The molecule has 2 unspecified atom stereocenters. The van der Waals surface area contributed by atoms with Crippen LogP contribution < -0.4 is 0 Å². The van der Waals surface area contributed by atoms with Crippen molar-refractivity contribution in [3.63, 3.8) is 0 Å². The fraction of sp³-hybridized carbons (Fsp3) is 0.842. The van der Waals surface area contributed by atoms with Gasteiger partial charge >= 0.3 is 0 Å². The molecule has 128 valence electrons. The minimum absolute atomic E-state index is 0.250. The topological polar surface area (TPSA) is 73.1 Å². The van der Waals surface area contributed by atoms with Crippen LogP contribution in [0.25, 0.3) is 0 Å². The highest BCUT2D eigenvalue weighted by atomic mass is 16.4. The summed E-state index contributed by atoms with van der Waals surface area (Å²) in [5.74, 6) is 1.13. The number of fused-ring (bicyclic) bond motifs is 5. The number of hydrogen-bond donors (Lipinski definition) is 3. The van der Waals surface area contributed by atoms with Crippen molar-refractivity contribution in [2.45, 2.75) is 71.0 Å². The average Bonchev–Trinajstić information content (AvgIpc) is 2.90. The molecule has 3 saturated carbocycles. The second kappa shape index (κ2) is 5.06. The third kappa shape index (κ3) is 2.00. The Hall–Kier alpha value is -0.870. The number of aliphatic hydroxyl groups is 2.